The summed E-state index contributed by atoms with van der Waals surface area (Å²) in [6.45, 7) is 0. The average molecular weight is 292 g/mol. The molecule has 4 rings (SSSR count). The van der Waals surface area contributed by atoms with Crippen LogP contribution in [0.2, 0.25) is 0 Å². The fourth-order valence-corrected chi connectivity index (χ4v) is 3.21. The van der Waals surface area contributed by atoms with Crippen molar-refractivity contribution in [1.82, 2.24) is 14.8 Å². The molecule has 0 atom stereocenters. The number of para-hydroxylation sites is 1. The van der Waals surface area contributed by atoms with E-state index in [4.69, 9.17) is 5.73 Å². The Morgan fingerprint density at radius 1 is 1.05 bits per heavy atom. The number of nitrogen functional groups attached to an aromatic ring is 1. The molecule has 0 aliphatic carbocycles. The van der Waals surface area contributed by atoms with E-state index in [1.54, 1.807) is 11.3 Å². The van der Waals surface area contributed by atoms with Gasteiger partial charge < -0.3 is 5.73 Å². The number of thiazole rings is 1. The first kappa shape index (κ1) is 12.1. The molecule has 0 fully saturated rings. The molecule has 0 radical (unpaired) electrons. The molecule has 4 aromatic rings. The second-order valence-electron chi connectivity index (χ2n) is 4.76. The molecule has 2 aromatic heterocycles. The highest BCUT2D eigenvalue weighted by Gasteiger charge is 2.09. The highest BCUT2D eigenvalue weighted by atomic mass is 32.1. The lowest BCUT2D eigenvalue weighted by Crippen LogP contribution is -1.92. The van der Waals surface area contributed by atoms with Crippen LogP contribution in [-0.2, 0) is 0 Å². The summed E-state index contributed by atoms with van der Waals surface area (Å²) in [5.74, 6) is 0. The quantitative estimate of drug-likeness (QED) is 0.573. The largest absolute Gasteiger partial charge is 0.399 e. The van der Waals surface area contributed by atoms with Gasteiger partial charge in [0, 0.05) is 17.4 Å². The number of anilines is 1. The summed E-state index contributed by atoms with van der Waals surface area (Å²) in [5.41, 5.74) is 9.59. The second-order valence-corrected chi connectivity index (χ2v) is 5.79. The fraction of sp³-hybridized carbons (Fsp3) is 0. The predicted molar refractivity (Wildman–Crippen MR) is 86.6 cm³/mol. The van der Waals surface area contributed by atoms with Crippen molar-refractivity contribution in [2.75, 3.05) is 5.73 Å². The number of nitrogens with two attached hydrogens (primary N) is 1. The maximum atomic E-state index is 5.81. The molecule has 4 nitrogen and oxygen atoms in total. The summed E-state index contributed by atoms with van der Waals surface area (Å²) < 4.78 is 2.95. The van der Waals surface area contributed by atoms with E-state index in [2.05, 4.69) is 10.1 Å². The first-order chi connectivity index (χ1) is 10.3. The van der Waals surface area contributed by atoms with Gasteiger partial charge in [-0.3, -0.25) is 0 Å². The van der Waals surface area contributed by atoms with E-state index in [1.165, 1.54) is 0 Å². The number of aromatic nitrogens is 3. The molecule has 0 spiro atoms. The highest BCUT2D eigenvalue weighted by molar-refractivity contribution is 7.21. The molecular weight excluding hydrogens is 280 g/mol. The molecule has 2 aromatic carbocycles. The van der Waals surface area contributed by atoms with Gasteiger partial charge in [-0.05, 0) is 30.3 Å². The summed E-state index contributed by atoms with van der Waals surface area (Å²) in [5, 5.41) is 5.37. The van der Waals surface area contributed by atoms with E-state index in [0.717, 1.165) is 32.2 Å². The normalized spacial score (nSPS) is 11.0. The third-order valence-electron chi connectivity index (χ3n) is 3.26. The lowest BCUT2D eigenvalue weighted by molar-refractivity contribution is 0.881. The van der Waals surface area contributed by atoms with E-state index in [0.29, 0.717) is 0 Å². The zero-order valence-corrected chi connectivity index (χ0v) is 11.9. The van der Waals surface area contributed by atoms with Gasteiger partial charge in [-0.15, -0.1) is 11.3 Å². The Hall–Kier alpha value is -2.66. The van der Waals surface area contributed by atoms with Crippen LogP contribution < -0.4 is 5.73 Å². The molecule has 2 N–H and O–H groups in total. The van der Waals surface area contributed by atoms with Gasteiger partial charge in [0.2, 0.25) is 0 Å². The van der Waals surface area contributed by atoms with Crippen molar-refractivity contribution < 1.29 is 0 Å². The van der Waals surface area contributed by atoms with Gasteiger partial charge in [0.15, 0.2) is 0 Å². The first-order valence-electron chi connectivity index (χ1n) is 6.56. The van der Waals surface area contributed by atoms with Crippen molar-refractivity contribution in [3.63, 3.8) is 0 Å². The number of hydrogen-bond acceptors (Lipinski definition) is 4. The van der Waals surface area contributed by atoms with Gasteiger partial charge >= 0.3 is 0 Å². The van der Waals surface area contributed by atoms with Gasteiger partial charge in [-0.2, -0.15) is 5.10 Å². The minimum Gasteiger partial charge on any atom is -0.399 e. The zero-order chi connectivity index (χ0) is 14.2. The van der Waals surface area contributed by atoms with Crippen molar-refractivity contribution in [3.05, 3.63) is 60.9 Å². The van der Waals surface area contributed by atoms with Crippen molar-refractivity contribution in [2.45, 2.75) is 0 Å². The number of rotatable bonds is 2. The molecule has 0 aliphatic heterocycles. The van der Waals surface area contributed by atoms with Crippen molar-refractivity contribution in [3.8, 4) is 16.3 Å². The summed E-state index contributed by atoms with van der Waals surface area (Å²) >= 11 is 1.63. The van der Waals surface area contributed by atoms with Gasteiger partial charge in [-0.25, -0.2) is 9.67 Å². The molecule has 0 saturated heterocycles. The Kier molecular flexibility index (Phi) is 2.72. The van der Waals surface area contributed by atoms with E-state index < -0.39 is 0 Å². The van der Waals surface area contributed by atoms with Crippen LogP contribution in [0.5, 0.6) is 0 Å². The van der Waals surface area contributed by atoms with Crippen molar-refractivity contribution >= 4 is 27.2 Å². The lowest BCUT2D eigenvalue weighted by atomic mass is 10.3. The van der Waals surface area contributed by atoms with Crippen molar-refractivity contribution in [2.24, 2.45) is 0 Å². The van der Waals surface area contributed by atoms with Gasteiger partial charge in [0.05, 0.1) is 22.1 Å². The molecule has 0 aliphatic rings. The third kappa shape index (κ3) is 2.17. The van der Waals surface area contributed by atoms with Crippen LogP contribution in [-0.4, -0.2) is 14.8 Å². The van der Waals surface area contributed by atoms with Gasteiger partial charge in [-0.1, -0.05) is 18.2 Å². The maximum absolute atomic E-state index is 5.81. The summed E-state index contributed by atoms with van der Waals surface area (Å²) in [7, 11) is 0. The Morgan fingerprint density at radius 2 is 1.90 bits per heavy atom. The van der Waals surface area contributed by atoms with E-state index in [-0.39, 0.29) is 0 Å². The number of benzene rings is 2. The third-order valence-corrected chi connectivity index (χ3v) is 4.33. The highest BCUT2D eigenvalue weighted by Crippen LogP contribution is 2.31. The summed E-state index contributed by atoms with van der Waals surface area (Å²) in [4.78, 5) is 4.64. The van der Waals surface area contributed by atoms with Crippen LogP contribution in [0.1, 0.15) is 0 Å². The van der Waals surface area contributed by atoms with Gasteiger partial charge in [0.1, 0.15) is 5.01 Å². The minimum absolute atomic E-state index is 0.762. The Morgan fingerprint density at radius 3 is 2.76 bits per heavy atom. The van der Waals surface area contributed by atoms with E-state index in [9.17, 15) is 0 Å². The predicted octanol–water partition coefficient (Wildman–Crippen LogP) is 3.73. The molecule has 0 unspecified atom stereocenters. The van der Waals surface area contributed by atoms with Crippen LogP contribution in [0.3, 0.4) is 0 Å². The Labute approximate surface area is 125 Å². The lowest BCUT2D eigenvalue weighted by Gasteiger charge is -1.98. The average Bonchev–Trinajstić information content (AvgIpc) is 3.14. The molecule has 5 heteroatoms. The molecule has 0 saturated carbocycles. The molecule has 0 amide bonds. The standard InChI is InChI=1S/C16H12N4S/c17-12-6-7-14-15(8-12)21-16(19-14)11-9-18-20(10-11)13-4-2-1-3-5-13/h1-10H,17H2. The molecule has 2 heterocycles. The van der Waals surface area contributed by atoms with E-state index in [1.807, 2.05) is 65.6 Å². The van der Waals surface area contributed by atoms with Crippen LogP contribution in [0, 0.1) is 0 Å². The summed E-state index contributed by atoms with van der Waals surface area (Å²) in [6, 6.07) is 15.8. The molecule has 102 valence electrons. The Balaban J connectivity index is 1.77. The summed E-state index contributed by atoms with van der Waals surface area (Å²) in [6.07, 6.45) is 3.84. The Bertz CT molecular complexity index is 908. The van der Waals surface area contributed by atoms with Crippen LogP contribution in [0.4, 0.5) is 5.69 Å². The second kappa shape index (κ2) is 4.71. The SMILES string of the molecule is Nc1ccc2nc(-c3cnn(-c4ccccc4)c3)sc2c1. The van der Waals surface area contributed by atoms with Crippen molar-refractivity contribution in [1.29, 1.82) is 0 Å². The zero-order valence-electron chi connectivity index (χ0n) is 11.1. The van der Waals surface area contributed by atoms with Crippen LogP contribution >= 0.6 is 11.3 Å². The maximum Gasteiger partial charge on any atom is 0.127 e. The minimum atomic E-state index is 0.762. The molecular formula is C16H12N4S. The van der Waals surface area contributed by atoms with Crippen LogP contribution in [0.25, 0.3) is 26.5 Å². The van der Waals surface area contributed by atoms with Gasteiger partial charge in [0.25, 0.3) is 0 Å². The molecule has 0 bridgehead atoms. The smallest absolute Gasteiger partial charge is 0.127 e. The number of hydrogen-bond donors (Lipinski definition) is 1. The first-order valence-corrected chi connectivity index (χ1v) is 7.38. The van der Waals surface area contributed by atoms with E-state index >= 15 is 0 Å². The topological polar surface area (TPSA) is 56.7 Å². The number of fused-ring (bicyclic) bond motifs is 1. The fourth-order valence-electron chi connectivity index (χ4n) is 2.22. The monoisotopic (exact) mass is 292 g/mol. The van der Waals surface area contributed by atoms with Crippen LogP contribution in [0.15, 0.2) is 60.9 Å². The number of nitrogens with zero attached hydrogens (tertiary/aromatic N) is 3. The molecule has 21 heavy (non-hydrogen) atoms.